The average Bonchev–Trinajstić information content (AvgIpc) is 2.87. The maximum absolute atomic E-state index is 12.1. The van der Waals surface area contributed by atoms with Gasteiger partial charge >= 0.3 is 0 Å². The van der Waals surface area contributed by atoms with Gasteiger partial charge in [-0.1, -0.05) is 18.2 Å². The predicted molar refractivity (Wildman–Crippen MR) is 86.4 cm³/mol. The smallest absolute Gasteiger partial charge is 0.254 e. The molecule has 0 saturated heterocycles. The van der Waals surface area contributed by atoms with Crippen LogP contribution in [-0.4, -0.2) is 35.3 Å². The lowest BCUT2D eigenvalue weighted by Gasteiger charge is -2.11. The van der Waals surface area contributed by atoms with Crippen LogP contribution in [0.3, 0.4) is 0 Å². The molecule has 2 aromatic rings. The summed E-state index contributed by atoms with van der Waals surface area (Å²) in [4.78, 5) is 12.1. The Bertz CT molecular complexity index is 583. The Morgan fingerprint density at radius 3 is 2.62 bits per heavy atom. The molecule has 0 radical (unpaired) electrons. The first-order chi connectivity index (χ1) is 9.63. The van der Waals surface area contributed by atoms with E-state index >= 15 is 0 Å². The Hall–Kier alpha value is -1.85. The van der Waals surface area contributed by atoms with Crippen molar-refractivity contribution in [2.45, 2.75) is 19.9 Å². The summed E-state index contributed by atoms with van der Waals surface area (Å²) in [5.74, 6) is -0.0909. The number of aromatic nitrogens is 2. The molecule has 5 nitrogen and oxygen atoms in total. The van der Waals surface area contributed by atoms with Crippen molar-refractivity contribution in [2.75, 3.05) is 13.6 Å². The first kappa shape index (κ1) is 17.2. The zero-order valence-corrected chi connectivity index (χ0v) is 13.3. The first-order valence-corrected chi connectivity index (χ1v) is 6.69. The Kier molecular flexibility index (Phi) is 6.39. The molecule has 1 unspecified atom stereocenters. The number of hydrogen-bond donors (Lipinski definition) is 2. The van der Waals surface area contributed by atoms with E-state index in [0.29, 0.717) is 12.1 Å². The number of likely N-dealkylation sites (N-methyl/N-ethyl adjacent to an activating group) is 1. The summed E-state index contributed by atoms with van der Waals surface area (Å²) < 4.78 is 1.77. The minimum atomic E-state index is -0.0909. The number of carbonyl (C=O) groups excluding carboxylic acids is 1. The van der Waals surface area contributed by atoms with Crippen LogP contribution in [0.2, 0.25) is 0 Å². The van der Waals surface area contributed by atoms with E-state index < -0.39 is 0 Å². The van der Waals surface area contributed by atoms with Gasteiger partial charge in [-0.25, -0.2) is 4.68 Å². The van der Waals surface area contributed by atoms with Crippen LogP contribution < -0.4 is 10.6 Å². The summed E-state index contributed by atoms with van der Waals surface area (Å²) in [6.07, 6.45) is 1.61. The molecule has 1 atom stereocenters. The van der Waals surface area contributed by atoms with Gasteiger partial charge in [-0.2, -0.15) is 5.10 Å². The molecule has 1 aromatic carbocycles. The lowest BCUT2D eigenvalue weighted by molar-refractivity contribution is 0.0950. The van der Waals surface area contributed by atoms with Crippen molar-refractivity contribution in [3.63, 3.8) is 0 Å². The topological polar surface area (TPSA) is 58.9 Å². The van der Waals surface area contributed by atoms with Crippen LogP contribution in [0.25, 0.3) is 5.69 Å². The van der Waals surface area contributed by atoms with Gasteiger partial charge in [0.1, 0.15) is 0 Å². The van der Waals surface area contributed by atoms with Crippen LogP contribution in [-0.2, 0) is 0 Å². The van der Waals surface area contributed by atoms with Gasteiger partial charge in [0.25, 0.3) is 5.91 Å². The van der Waals surface area contributed by atoms with E-state index in [0.717, 1.165) is 11.4 Å². The SMILES string of the molecule is CNC(C)CNC(=O)c1cnn(-c2ccccc2)c1C.Cl. The summed E-state index contributed by atoms with van der Waals surface area (Å²) >= 11 is 0. The number of carbonyl (C=O) groups is 1. The molecular weight excluding hydrogens is 288 g/mol. The second-order valence-corrected chi connectivity index (χ2v) is 4.79. The third kappa shape index (κ3) is 4.06. The number of benzene rings is 1. The number of para-hydroxylation sites is 1. The summed E-state index contributed by atoms with van der Waals surface area (Å²) in [5.41, 5.74) is 2.40. The third-order valence-electron chi connectivity index (χ3n) is 3.32. The molecule has 0 bridgehead atoms. The number of hydrogen-bond acceptors (Lipinski definition) is 3. The zero-order valence-electron chi connectivity index (χ0n) is 12.5. The second-order valence-electron chi connectivity index (χ2n) is 4.79. The van der Waals surface area contributed by atoms with Gasteiger partial charge in [0.15, 0.2) is 0 Å². The predicted octanol–water partition coefficient (Wildman–Crippen LogP) is 1.94. The maximum atomic E-state index is 12.1. The van der Waals surface area contributed by atoms with E-state index in [4.69, 9.17) is 0 Å². The van der Waals surface area contributed by atoms with Crippen LogP contribution in [0.1, 0.15) is 23.0 Å². The second kappa shape index (κ2) is 7.81. The van der Waals surface area contributed by atoms with Gasteiger partial charge in [-0.15, -0.1) is 12.4 Å². The highest BCUT2D eigenvalue weighted by molar-refractivity contribution is 5.95. The Balaban J connectivity index is 0.00000220. The molecule has 0 fully saturated rings. The molecule has 1 aromatic heterocycles. The van der Waals surface area contributed by atoms with Gasteiger partial charge in [0.05, 0.1) is 23.1 Å². The number of amides is 1. The molecule has 0 aliphatic heterocycles. The van der Waals surface area contributed by atoms with Gasteiger partial charge in [0.2, 0.25) is 0 Å². The standard InChI is InChI=1S/C15H20N4O.ClH/c1-11(16-3)9-17-15(20)14-10-18-19(12(14)2)13-7-5-4-6-8-13;/h4-8,10-11,16H,9H2,1-3H3,(H,17,20);1H. The molecule has 1 amide bonds. The Morgan fingerprint density at radius 1 is 1.33 bits per heavy atom. The quantitative estimate of drug-likeness (QED) is 0.887. The molecule has 0 spiro atoms. The number of halogens is 1. The summed E-state index contributed by atoms with van der Waals surface area (Å²) in [6, 6.07) is 10.0. The van der Waals surface area contributed by atoms with Crippen molar-refractivity contribution in [3.8, 4) is 5.69 Å². The van der Waals surface area contributed by atoms with Crippen LogP contribution in [0, 0.1) is 6.92 Å². The van der Waals surface area contributed by atoms with E-state index in [1.807, 2.05) is 51.2 Å². The Morgan fingerprint density at radius 2 is 2.00 bits per heavy atom. The van der Waals surface area contributed by atoms with Crippen molar-refractivity contribution in [3.05, 3.63) is 47.8 Å². The molecule has 6 heteroatoms. The number of rotatable bonds is 5. The van der Waals surface area contributed by atoms with Crippen molar-refractivity contribution in [2.24, 2.45) is 0 Å². The molecule has 0 saturated carbocycles. The molecule has 0 aliphatic carbocycles. The van der Waals surface area contributed by atoms with Gasteiger partial charge < -0.3 is 10.6 Å². The van der Waals surface area contributed by atoms with Crippen LogP contribution >= 0.6 is 12.4 Å². The largest absolute Gasteiger partial charge is 0.350 e. The lowest BCUT2D eigenvalue weighted by Crippen LogP contribution is -2.37. The Labute approximate surface area is 131 Å². The molecular formula is C15H21ClN4O. The van der Waals surface area contributed by atoms with E-state index in [1.54, 1.807) is 10.9 Å². The van der Waals surface area contributed by atoms with Gasteiger partial charge in [-0.3, -0.25) is 4.79 Å². The van der Waals surface area contributed by atoms with Crippen molar-refractivity contribution >= 4 is 18.3 Å². The fraction of sp³-hybridized carbons (Fsp3) is 0.333. The monoisotopic (exact) mass is 308 g/mol. The third-order valence-corrected chi connectivity index (χ3v) is 3.32. The summed E-state index contributed by atoms with van der Waals surface area (Å²) in [5, 5.41) is 10.3. The molecule has 114 valence electrons. The van der Waals surface area contributed by atoms with E-state index in [-0.39, 0.29) is 24.4 Å². The van der Waals surface area contributed by atoms with E-state index in [1.165, 1.54) is 0 Å². The van der Waals surface area contributed by atoms with Gasteiger partial charge in [0, 0.05) is 12.6 Å². The molecule has 2 rings (SSSR count). The van der Waals surface area contributed by atoms with E-state index in [9.17, 15) is 4.79 Å². The van der Waals surface area contributed by atoms with Crippen LogP contribution in [0.15, 0.2) is 36.5 Å². The molecule has 0 aliphatic rings. The van der Waals surface area contributed by atoms with Crippen molar-refractivity contribution in [1.29, 1.82) is 0 Å². The number of nitrogens with zero attached hydrogens (tertiary/aromatic N) is 2. The first-order valence-electron chi connectivity index (χ1n) is 6.69. The van der Waals surface area contributed by atoms with Crippen LogP contribution in [0.4, 0.5) is 0 Å². The van der Waals surface area contributed by atoms with Crippen molar-refractivity contribution in [1.82, 2.24) is 20.4 Å². The summed E-state index contributed by atoms with van der Waals surface area (Å²) in [7, 11) is 1.87. The lowest BCUT2D eigenvalue weighted by atomic mass is 10.2. The highest BCUT2D eigenvalue weighted by Crippen LogP contribution is 2.13. The molecule has 2 N–H and O–H groups in total. The fourth-order valence-electron chi connectivity index (χ4n) is 1.91. The van der Waals surface area contributed by atoms with Crippen LogP contribution in [0.5, 0.6) is 0 Å². The fourth-order valence-corrected chi connectivity index (χ4v) is 1.91. The molecule has 21 heavy (non-hydrogen) atoms. The minimum Gasteiger partial charge on any atom is -0.350 e. The normalized spacial score (nSPS) is 11.6. The van der Waals surface area contributed by atoms with Crippen molar-refractivity contribution < 1.29 is 4.79 Å². The zero-order chi connectivity index (χ0) is 14.5. The highest BCUT2D eigenvalue weighted by atomic mass is 35.5. The van der Waals surface area contributed by atoms with Gasteiger partial charge in [-0.05, 0) is 33.0 Å². The maximum Gasteiger partial charge on any atom is 0.254 e. The highest BCUT2D eigenvalue weighted by Gasteiger charge is 2.15. The summed E-state index contributed by atoms with van der Waals surface area (Å²) in [6.45, 7) is 4.50. The minimum absolute atomic E-state index is 0. The number of nitrogens with one attached hydrogen (secondary N) is 2. The molecule has 1 heterocycles. The van der Waals surface area contributed by atoms with E-state index in [2.05, 4.69) is 15.7 Å². The average molecular weight is 309 g/mol.